The summed E-state index contributed by atoms with van der Waals surface area (Å²) in [4.78, 5) is 0. The summed E-state index contributed by atoms with van der Waals surface area (Å²) < 4.78 is 5.70. The number of hydroxylamine groups is 2. The van der Waals surface area contributed by atoms with Gasteiger partial charge in [-0.3, -0.25) is 0 Å². The predicted octanol–water partition coefficient (Wildman–Crippen LogP) is 2.74. The molecule has 0 unspecified atom stereocenters. The van der Waals surface area contributed by atoms with E-state index in [-0.39, 0.29) is 10.5 Å². The maximum Gasteiger partial charge on any atom is 0.217 e. The van der Waals surface area contributed by atoms with E-state index in [0.717, 1.165) is 0 Å². The van der Waals surface area contributed by atoms with E-state index in [0.29, 0.717) is 12.8 Å². The van der Waals surface area contributed by atoms with Gasteiger partial charge in [0.15, 0.2) is 0 Å². The van der Waals surface area contributed by atoms with Crippen molar-refractivity contribution in [3.63, 3.8) is 0 Å². The molecular formula is C10H18NO2S2-. The van der Waals surface area contributed by atoms with E-state index in [1.54, 1.807) is 0 Å². The van der Waals surface area contributed by atoms with Crippen molar-refractivity contribution in [3.05, 3.63) is 5.21 Å². The van der Waals surface area contributed by atoms with E-state index in [9.17, 15) is 5.21 Å². The van der Waals surface area contributed by atoms with Crippen LogP contribution in [0.25, 0.3) is 0 Å². The van der Waals surface area contributed by atoms with Gasteiger partial charge in [-0.15, -0.1) is 0 Å². The fourth-order valence-electron chi connectivity index (χ4n) is 2.40. The molecule has 0 radical (unpaired) electrons. The summed E-state index contributed by atoms with van der Waals surface area (Å²) in [5.74, 6) is 0. The summed E-state index contributed by atoms with van der Waals surface area (Å²) >= 11 is 8.77. The van der Waals surface area contributed by atoms with Crippen molar-refractivity contribution in [1.29, 1.82) is 0 Å². The second-order valence-corrected chi connectivity index (χ2v) is 6.41. The fraction of sp³-hybridized carbons (Fsp3) is 0.900. The van der Waals surface area contributed by atoms with Crippen LogP contribution in [0.1, 0.15) is 40.5 Å². The number of hydrogen-bond donors (Lipinski definition) is 1. The molecule has 5 heteroatoms. The Balaban J connectivity index is 2.79. The number of thiol groups is 1. The first-order chi connectivity index (χ1) is 6.65. The molecule has 0 amide bonds. The Hall–Kier alpha value is 0.160. The van der Waals surface area contributed by atoms with Gasteiger partial charge < -0.3 is 15.0 Å². The topological polar surface area (TPSA) is 35.5 Å². The maximum absolute atomic E-state index is 12.0. The number of thiocarbonyl (C=S) groups is 1. The molecule has 0 bridgehead atoms. The van der Waals surface area contributed by atoms with Gasteiger partial charge in [-0.1, -0.05) is 12.6 Å². The van der Waals surface area contributed by atoms with Crippen molar-refractivity contribution in [2.24, 2.45) is 0 Å². The van der Waals surface area contributed by atoms with Gasteiger partial charge in [0.1, 0.15) is 6.10 Å². The highest BCUT2D eigenvalue weighted by atomic mass is 32.1. The van der Waals surface area contributed by atoms with Gasteiger partial charge in [-0.2, -0.15) is 0 Å². The number of piperidine rings is 1. The largest absolute Gasteiger partial charge is 0.784 e. The zero-order chi connectivity index (χ0) is 11.9. The van der Waals surface area contributed by atoms with Gasteiger partial charge in [0, 0.05) is 23.9 Å². The van der Waals surface area contributed by atoms with Gasteiger partial charge in [-0.25, -0.2) is 0 Å². The Labute approximate surface area is 102 Å². The van der Waals surface area contributed by atoms with Gasteiger partial charge in [0.25, 0.3) is 0 Å². The average molecular weight is 248 g/mol. The van der Waals surface area contributed by atoms with E-state index in [2.05, 4.69) is 12.6 Å². The second-order valence-electron chi connectivity index (χ2n) is 5.33. The molecule has 0 spiro atoms. The van der Waals surface area contributed by atoms with Crippen LogP contribution in [-0.4, -0.2) is 26.6 Å². The summed E-state index contributed by atoms with van der Waals surface area (Å²) in [6, 6.07) is 0. The maximum atomic E-state index is 12.0. The van der Waals surface area contributed by atoms with Crippen LogP contribution in [0.3, 0.4) is 0 Å². The molecule has 0 aromatic carbocycles. The Morgan fingerprint density at radius 2 is 1.73 bits per heavy atom. The predicted molar refractivity (Wildman–Crippen MR) is 69.1 cm³/mol. The highest BCUT2D eigenvalue weighted by Gasteiger charge is 2.41. The van der Waals surface area contributed by atoms with E-state index < -0.39 is 11.1 Å². The van der Waals surface area contributed by atoms with Crippen molar-refractivity contribution in [3.8, 4) is 0 Å². The lowest BCUT2D eigenvalue weighted by Crippen LogP contribution is -2.59. The minimum absolute atomic E-state index is 0.00907. The van der Waals surface area contributed by atoms with Crippen LogP contribution >= 0.6 is 24.8 Å². The highest BCUT2D eigenvalue weighted by Crippen LogP contribution is 2.38. The number of hydrogen-bond acceptors (Lipinski definition) is 4. The van der Waals surface area contributed by atoms with E-state index >= 15 is 0 Å². The van der Waals surface area contributed by atoms with Crippen LogP contribution in [0.5, 0.6) is 0 Å². The van der Waals surface area contributed by atoms with E-state index in [1.165, 1.54) is 5.06 Å². The molecule has 1 fully saturated rings. The lowest BCUT2D eigenvalue weighted by atomic mass is 9.80. The highest BCUT2D eigenvalue weighted by molar-refractivity contribution is 8.10. The molecule has 1 rings (SSSR count). The van der Waals surface area contributed by atoms with Crippen LogP contribution < -0.4 is 0 Å². The molecule has 15 heavy (non-hydrogen) atoms. The van der Waals surface area contributed by atoms with Crippen LogP contribution in [-0.2, 0) is 4.74 Å². The van der Waals surface area contributed by atoms with E-state index in [1.807, 2.05) is 27.7 Å². The fourth-order valence-corrected chi connectivity index (χ4v) is 2.68. The minimum atomic E-state index is -0.412. The molecule has 1 saturated heterocycles. The van der Waals surface area contributed by atoms with E-state index in [4.69, 9.17) is 17.0 Å². The average Bonchev–Trinajstić information content (AvgIpc) is 1.97. The molecule has 0 aliphatic carbocycles. The smallest absolute Gasteiger partial charge is 0.217 e. The number of ether oxygens (including phenoxy) is 1. The van der Waals surface area contributed by atoms with Crippen LogP contribution in [0, 0.1) is 5.21 Å². The second kappa shape index (κ2) is 4.20. The lowest BCUT2D eigenvalue weighted by molar-refractivity contribution is -0.0425. The molecule has 1 aliphatic heterocycles. The first-order valence-corrected chi connectivity index (χ1v) is 5.88. The third-order valence-electron chi connectivity index (χ3n) is 2.82. The molecule has 0 saturated carbocycles. The third-order valence-corrected chi connectivity index (χ3v) is 3.02. The molecule has 3 nitrogen and oxygen atoms in total. The summed E-state index contributed by atoms with van der Waals surface area (Å²) in [7, 11) is 0. The SMILES string of the molecule is CC1(C)CC(OC(=S)S)CC(C)(C)N1[O-]. The number of nitrogens with zero attached hydrogens (tertiary/aromatic N) is 1. The third kappa shape index (κ3) is 3.06. The quantitative estimate of drug-likeness (QED) is 0.572. The van der Waals surface area contributed by atoms with Gasteiger partial charge in [0.05, 0.1) is 0 Å². The molecular weight excluding hydrogens is 230 g/mol. The molecule has 0 aromatic heterocycles. The van der Waals surface area contributed by atoms with Gasteiger partial charge in [0.2, 0.25) is 4.38 Å². The van der Waals surface area contributed by atoms with Crippen molar-refractivity contribution in [1.82, 2.24) is 5.06 Å². The van der Waals surface area contributed by atoms with Crippen molar-refractivity contribution >= 4 is 29.2 Å². The summed E-state index contributed by atoms with van der Waals surface area (Å²) in [5, 5.41) is 13.2. The zero-order valence-corrected chi connectivity index (χ0v) is 11.3. The Morgan fingerprint density at radius 3 is 2.07 bits per heavy atom. The summed E-state index contributed by atoms with van der Waals surface area (Å²) in [6.07, 6.45) is 1.35. The van der Waals surface area contributed by atoms with Crippen LogP contribution in [0.15, 0.2) is 0 Å². The van der Waals surface area contributed by atoms with Crippen molar-refractivity contribution in [2.45, 2.75) is 57.7 Å². The monoisotopic (exact) mass is 248 g/mol. The number of rotatable bonds is 1. The van der Waals surface area contributed by atoms with Gasteiger partial charge >= 0.3 is 0 Å². The Bertz CT molecular complexity index is 248. The molecule has 0 aromatic rings. The summed E-state index contributed by atoms with van der Waals surface area (Å²) in [6.45, 7) is 7.72. The van der Waals surface area contributed by atoms with Crippen LogP contribution in [0.4, 0.5) is 0 Å². The molecule has 0 N–H and O–H groups in total. The van der Waals surface area contributed by atoms with Crippen LogP contribution in [0.2, 0.25) is 0 Å². The minimum Gasteiger partial charge on any atom is -0.784 e. The summed E-state index contributed by atoms with van der Waals surface area (Å²) in [5.41, 5.74) is -0.823. The molecule has 1 aliphatic rings. The lowest BCUT2D eigenvalue weighted by Gasteiger charge is -2.59. The standard InChI is InChI=1S/C10H18NO2S2/c1-9(2)5-7(13-8(14)15)6-10(3,4)11(9)12/h7H,5-6H2,1-4H3,(H,14,15)/q-1. The normalized spacial score (nSPS) is 26.3. The molecule has 88 valence electrons. The molecule has 0 atom stereocenters. The zero-order valence-electron chi connectivity index (χ0n) is 9.61. The first kappa shape index (κ1) is 13.2. The Morgan fingerprint density at radius 1 is 1.33 bits per heavy atom. The van der Waals surface area contributed by atoms with Crippen molar-refractivity contribution in [2.75, 3.05) is 0 Å². The molecule has 1 heterocycles. The first-order valence-electron chi connectivity index (χ1n) is 5.02. The van der Waals surface area contributed by atoms with Crippen molar-refractivity contribution < 1.29 is 4.74 Å². The Kier molecular flexibility index (Phi) is 3.70. The van der Waals surface area contributed by atoms with Gasteiger partial charge in [-0.05, 0) is 39.9 Å².